The van der Waals surface area contributed by atoms with Crippen molar-refractivity contribution in [3.8, 4) is 34.1 Å². The Hall–Kier alpha value is -4.57. The third kappa shape index (κ3) is 6.61. The third-order valence-electron chi connectivity index (χ3n) is 7.90. The van der Waals surface area contributed by atoms with E-state index >= 15 is 0 Å². The molecule has 0 saturated heterocycles. The average molecular weight is 767 g/mol. The van der Waals surface area contributed by atoms with Gasteiger partial charge in [0.15, 0.2) is 0 Å². The number of benzene rings is 5. The summed E-state index contributed by atoms with van der Waals surface area (Å²) in [6, 6.07) is 39.8. The zero-order valence-electron chi connectivity index (χ0n) is 26.2. The quantitative estimate of drug-likeness (QED) is 0.182. The Balaban J connectivity index is 0.000000174. The summed E-state index contributed by atoms with van der Waals surface area (Å²) in [5, 5.41) is 12.7. The molecule has 5 heteroatoms. The van der Waals surface area contributed by atoms with Crippen molar-refractivity contribution in [1.29, 1.82) is 0 Å². The Morgan fingerprint density at radius 3 is 2.22 bits per heavy atom. The van der Waals surface area contributed by atoms with Gasteiger partial charge in [0.05, 0.1) is 16.6 Å². The van der Waals surface area contributed by atoms with Crippen LogP contribution in [0.3, 0.4) is 0 Å². The first kappa shape index (κ1) is 31.8. The molecule has 1 radical (unpaired) electrons. The van der Waals surface area contributed by atoms with Crippen LogP contribution in [0, 0.1) is 26.8 Å². The molecule has 2 heterocycles. The van der Waals surface area contributed by atoms with Crippen LogP contribution in [0.2, 0.25) is 0 Å². The number of para-hydroxylation sites is 4. The van der Waals surface area contributed by atoms with E-state index in [0.717, 1.165) is 44.9 Å². The molecule has 4 nitrogen and oxygen atoms in total. The molecule has 0 atom stereocenters. The van der Waals surface area contributed by atoms with E-state index in [0.29, 0.717) is 5.92 Å². The van der Waals surface area contributed by atoms with Crippen LogP contribution in [-0.2, 0) is 20.1 Å². The molecule has 7 aromatic rings. The summed E-state index contributed by atoms with van der Waals surface area (Å²) in [7, 11) is 0. The van der Waals surface area contributed by atoms with Gasteiger partial charge in [-0.1, -0.05) is 82.3 Å². The van der Waals surface area contributed by atoms with Crippen molar-refractivity contribution in [2.24, 2.45) is 0 Å². The molecule has 0 spiro atoms. The van der Waals surface area contributed by atoms with Gasteiger partial charge in [0.25, 0.3) is 0 Å². The predicted molar refractivity (Wildman–Crippen MR) is 182 cm³/mol. The first-order chi connectivity index (χ1) is 21.3. The maximum atomic E-state index is 10.2. The molecule has 2 aromatic heterocycles. The van der Waals surface area contributed by atoms with Crippen molar-refractivity contribution in [2.75, 3.05) is 0 Å². The van der Waals surface area contributed by atoms with Gasteiger partial charge in [-0.25, -0.2) is 4.98 Å². The van der Waals surface area contributed by atoms with Crippen LogP contribution in [0.1, 0.15) is 42.0 Å². The molecule has 0 fully saturated rings. The monoisotopic (exact) mass is 767 g/mol. The molecule has 45 heavy (non-hydrogen) atoms. The molecule has 0 aliphatic rings. The van der Waals surface area contributed by atoms with Gasteiger partial charge in [0, 0.05) is 32.0 Å². The Kier molecular flexibility index (Phi) is 9.62. The molecule has 1 N–H and O–H groups in total. The van der Waals surface area contributed by atoms with Crippen LogP contribution in [0.15, 0.2) is 115 Å². The standard InChI is InChI=1S/C21H22N.C19H14N2O.Ir/c1-13(2)19-12-17-6-7-22-21(20(17)11-16(19)5)18-9-14(3)8-15(4)10-18;22-18-13-7-4-10-15(18)19-20-16-11-5-6-12-17(16)21(19)14-8-2-1-3-9-14;/h6-9,11-13H,1-5H3;1-13,22H;/q-1;;. The van der Waals surface area contributed by atoms with E-state index in [9.17, 15) is 5.11 Å². The number of rotatable bonds is 4. The third-order valence-corrected chi connectivity index (χ3v) is 7.90. The fourth-order valence-electron chi connectivity index (χ4n) is 5.91. The van der Waals surface area contributed by atoms with E-state index in [1.165, 1.54) is 27.5 Å². The fourth-order valence-corrected chi connectivity index (χ4v) is 5.91. The number of aromatic nitrogens is 3. The van der Waals surface area contributed by atoms with Crippen LogP contribution < -0.4 is 0 Å². The molecule has 0 aliphatic heterocycles. The van der Waals surface area contributed by atoms with Crippen LogP contribution in [0.4, 0.5) is 0 Å². The predicted octanol–water partition coefficient (Wildman–Crippen LogP) is 10.1. The summed E-state index contributed by atoms with van der Waals surface area (Å²) in [4.78, 5) is 9.37. The second kappa shape index (κ2) is 13.6. The summed E-state index contributed by atoms with van der Waals surface area (Å²) in [6.07, 6.45) is 1.91. The first-order valence-electron chi connectivity index (χ1n) is 15.0. The van der Waals surface area contributed by atoms with Crippen LogP contribution in [0.5, 0.6) is 5.75 Å². The number of aryl methyl sites for hydroxylation is 3. The van der Waals surface area contributed by atoms with E-state index < -0.39 is 0 Å². The smallest absolute Gasteiger partial charge is 0.149 e. The van der Waals surface area contributed by atoms with E-state index in [1.54, 1.807) is 6.07 Å². The van der Waals surface area contributed by atoms with Gasteiger partial charge >= 0.3 is 0 Å². The minimum atomic E-state index is 0. The van der Waals surface area contributed by atoms with Gasteiger partial charge in [0.1, 0.15) is 11.6 Å². The molecule has 227 valence electrons. The molecule has 5 aromatic carbocycles. The fraction of sp³-hybridized carbons (Fsp3) is 0.150. The van der Waals surface area contributed by atoms with Gasteiger partial charge in [0.2, 0.25) is 0 Å². The number of pyridine rings is 1. The second-order valence-corrected chi connectivity index (χ2v) is 11.6. The normalized spacial score (nSPS) is 10.9. The Morgan fingerprint density at radius 2 is 1.49 bits per heavy atom. The number of phenolic OH excluding ortho intramolecular Hbond substituents is 1. The molecular formula is C40H36IrN3O-. The number of nitrogens with zero attached hydrogens (tertiary/aromatic N) is 3. The van der Waals surface area contributed by atoms with E-state index in [-0.39, 0.29) is 25.9 Å². The molecule has 0 unspecified atom stereocenters. The summed E-state index contributed by atoms with van der Waals surface area (Å²) in [5.74, 6) is 1.51. The van der Waals surface area contributed by atoms with Gasteiger partial charge in [-0.05, 0) is 82.9 Å². The summed E-state index contributed by atoms with van der Waals surface area (Å²) in [6.45, 7) is 10.9. The van der Waals surface area contributed by atoms with Crippen molar-refractivity contribution in [2.45, 2.75) is 40.5 Å². The zero-order valence-corrected chi connectivity index (χ0v) is 28.6. The van der Waals surface area contributed by atoms with Gasteiger partial charge in [-0.3, -0.25) is 4.57 Å². The summed E-state index contributed by atoms with van der Waals surface area (Å²) < 4.78 is 2.07. The van der Waals surface area contributed by atoms with Crippen LogP contribution in [-0.4, -0.2) is 19.6 Å². The Labute approximate surface area is 278 Å². The topological polar surface area (TPSA) is 50.9 Å². The number of fused-ring (bicyclic) bond motifs is 2. The zero-order chi connectivity index (χ0) is 30.8. The molecule has 0 bridgehead atoms. The van der Waals surface area contributed by atoms with E-state index in [2.05, 4.69) is 80.6 Å². The minimum Gasteiger partial charge on any atom is -0.507 e. The van der Waals surface area contributed by atoms with Crippen LogP contribution >= 0.6 is 0 Å². The van der Waals surface area contributed by atoms with Crippen molar-refractivity contribution < 1.29 is 25.2 Å². The summed E-state index contributed by atoms with van der Waals surface area (Å²) in [5.41, 5.74) is 10.9. The number of imidazole rings is 1. The molecule has 7 rings (SSSR count). The Morgan fingerprint density at radius 1 is 0.778 bits per heavy atom. The van der Waals surface area contributed by atoms with Crippen molar-refractivity contribution in [1.82, 2.24) is 14.5 Å². The second-order valence-electron chi connectivity index (χ2n) is 11.6. The van der Waals surface area contributed by atoms with E-state index in [4.69, 9.17) is 4.98 Å². The summed E-state index contributed by atoms with van der Waals surface area (Å²) >= 11 is 0. The number of hydrogen-bond donors (Lipinski definition) is 1. The number of phenols is 1. The number of aromatic hydroxyl groups is 1. The largest absolute Gasteiger partial charge is 0.507 e. The van der Waals surface area contributed by atoms with Crippen LogP contribution in [0.25, 0.3) is 50.1 Å². The van der Waals surface area contributed by atoms with Crippen molar-refractivity contribution in [3.05, 3.63) is 144 Å². The Bertz CT molecular complexity index is 2080. The average Bonchev–Trinajstić information content (AvgIpc) is 3.40. The van der Waals surface area contributed by atoms with Crippen molar-refractivity contribution >= 4 is 21.8 Å². The number of hydrogen-bond acceptors (Lipinski definition) is 3. The minimum absolute atomic E-state index is 0. The molecule has 0 aliphatic carbocycles. The first-order valence-corrected chi connectivity index (χ1v) is 15.0. The van der Waals surface area contributed by atoms with Crippen molar-refractivity contribution in [3.63, 3.8) is 0 Å². The molecule has 0 saturated carbocycles. The molecule has 0 amide bonds. The molecular weight excluding hydrogens is 731 g/mol. The maximum Gasteiger partial charge on any atom is 0.149 e. The SMILES string of the molecule is Cc1[c-]c(-c2nccc3cc(C(C)C)c(C)cc23)cc(C)c1.Oc1ccccc1-c1nc2ccccc2n1-c1ccccc1.[Ir]. The van der Waals surface area contributed by atoms with Gasteiger partial charge < -0.3 is 10.1 Å². The van der Waals surface area contributed by atoms with Gasteiger partial charge in [-0.15, -0.1) is 34.9 Å². The van der Waals surface area contributed by atoms with E-state index in [1.807, 2.05) is 79.0 Å². The maximum absolute atomic E-state index is 10.2. The van der Waals surface area contributed by atoms with Gasteiger partial charge in [-0.2, -0.15) is 0 Å².